The number of benzene rings is 1. The lowest BCUT2D eigenvalue weighted by molar-refractivity contribution is 0.190. The maximum absolute atomic E-state index is 4.55. The van der Waals surface area contributed by atoms with Gasteiger partial charge in [0.1, 0.15) is 0 Å². The van der Waals surface area contributed by atoms with Gasteiger partial charge in [0.25, 0.3) is 0 Å². The summed E-state index contributed by atoms with van der Waals surface area (Å²) in [5.74, 6) is 0.993. The quantitative estimate of drug-likeness (QED) is 0.914. The first-order valence-electron chi connectivity index (χ1n) is 8.58. The van der Waals surface area contributed by atoms with Crippen molar-refractivity contribution < 1.29 is 0 Å². The Morgan fingerprint density at radius 2 is 2.05 bits per heavy atom. The van der Waals surface area contributed by atoms with E-state index in [0.29, 0.717) is 0 Å². The first-order valence-corrected chi connectivity index (χ1v) is 9.40. The van der Waals surface area contributed by atoms with Crippen LogP contribution in [0, 0.1) is 12.8 Å². The van der Waals surface area contributed by atoms with E-state index in [1.54, 1.807) is 11.3 Å². The molecule has 2 heterocycles. The Morgan fingerprint density at radius 3 is 2.82 bits per heavy atom. The van der Waals surface area contributed by atoms with Crippen LogP contribution in [0.4, 0.5) is 0 Å². The first-order chi connectivity index (χ1) is 10.8. The number of nitrogens with one attached hydrogen (secondary N) is 1. The zero-order chi connectivity index (χ0) is 14.9. The van der Waals surface area contributed by atoms with Crippen molar-refractivity contribution in [2.75, 3.05) is 19.6 Å². The first kappa shape index (κ1) is 14.6. The highest BCUT2D eigenvalue weighted by molar-refractivity contribution is 7.18. The Kier molecular flexibility index (Phi) is 4.16. The number of fused-ring (bicyclic) bond motifs is 1. The molecule has 1 aromatic carbocycles. The van der Waals surface area contributed by atoms with E-state index in [2.05, 4.69) is 40.3 Å². The van der Waals surface area contributed by atoms with E-state index in [-0.39, 0.29) is 0 Å². The third-order valence-corrected chi connectivity index (χ3v) is 5.88. The molecule has 0 unspecified atom stereocenters. The minimum atomic E-state index is 0.753. The molecule has 1 aromatic heterocycles. The van der Waals surface area contributed by atoms with Crippen LogP contribution in [0.5, 0.6) is 0 Å². The summed E-state index contributed by atoms with van der Waals surface area (Å²) in [5.41, 5.74) is 2.58. The SMILES string of the molecule is Cc1nc2ccc(CN3CCC(NCC4CC4)CC3)cc2s1. The summed E-state index contributed by atoms with van der Waals surface area (Å²) >= 11 is 1.80. The largest absolute Gasteiger partial charge is 0.314 e. The molecule has 2 aliphatic rings. The summed E-state index contributed by atoms with van der Waals surface area (Å²) in [7, 11) is 0. The molecule has 1 aliphatic carbocycles. The third kappa shape index (κ3) is 3.50. The molecule has 2 fully saturated rings. The summed E-state index contributed by atoms with van der Waals surface area (Å²) in [6, 6.07) is 7.51. The van der Waals surface area contributed by atoms with Gasteiger partial charge in [-0.05, 0) is 75.9 Å². The molecular weight excluding hydrogens is 290 g/mol. The molecule has 0 atom stereocenters. The monoisotopic (exact) mass is 315 g/mol. The number of hydrogen-bond donors (Lipinski definition) is 1. The van der Waals surface area contributed by atoms with Gasteiger partial charge in [-0.1, -0.05) is 6.07 Å². The van der Waals surface area contributed by atoms with Crippen LogP contribution in [0.2, 0.25) is 0 Å². The highest BCUT2D eigenvalue weighted by Gasteiger charge is 2.24. The third-order valence-electron chi connectivity index (χ3n) is 4.95. The maximum atomic E-state index is 4.55. The Hall–Kier alpha value is -0.970. The van der Waals surface area contributed by atoms with Crippen LogP contribution in [-0.4, -0.2) is 35.6 Å². The van der Waals surface area contributed by atoms with E-state index in [0.717, 1.165) is 29.0 Å². The molecule has 3 nitrogen and oxygen atoms in total. The molecular formula is C18H25N3S. The molecule has 1 N–H and O–H groups in total. The average Bonchev–Trinajstić information content (AvgIpc) is 3.27. The molecule has 0 spiro atoms. The van der Waals surface area contributed by atoms with E-state index in [4.69, 9.17) is 0 Å². The fourth-order valence-corrected chi connectivity index (χ4v) is 4.28. The number of hydrogen-bond acceptors (Lipinski definition) is 4. The van der Waals surface area contributed by atoms with E-state index >= 15 is 0 Å². The molecule has 2 aromatic rings. The second-order valence-electron chi connectivity index (χ2n) is 6.94. The predicted molar refractivity (Wildman–Crippen MR) is 93.4 cm³/mol. The van der Waals surface area contributed by atoms with Gasteiger partial charge in [-0.15, -0.1) is 11.3 Å². The van der Waals surface area contributed by atoms with Gasteiger partial charge in [-0.3, -0.25) is 4.90 Å². The van der Waals surface area contributed by atoms with Crippen LogP contribution < -0.4 is 5.32 Å². The lowest BCUT2D eigenvalue weighted by Crippen LogP contribution is -2.42. The van der Waals surface area contributed by atoms with Crippen molar-refractivity contribution in [1.82, 2.24) is 15.2 Å². The Morgan fingerprint density at radius 1 is 1.23 bits per heavy atom. The van der Waals surface area contributed by atoms with Crippen LogP contribution in [0.3, 0.4) is 0 Å². The van der Waals surface area contributed by atoms with E-state index < -0.39 is 0 Å². The summed E-state index contributed by atoms with van der Waals surface area (Å²) < 4.78 is 1.33. The molecule has 0 radical (unpaired) electrons. The second kappa shape index (κ2) is 6.26. The number of likely N-dealkylation sites (tertiary alicyclic amines) is 1. The van der Waals surface area contributed by atoms with Gasteiger partial charge in [0, 0.05) is 12.6 Å². The van der Waals surface area contributed by atoms with Crippen LogP contribution in [0.1, 0.15) is 36.3 Å². The molecule has 0 bridgehead atoms. The normalized spacial score (nSPS) is 20.8. The van der Waals surface area contributed by atoms with Crippen molar-refractivity contribution in [2.45, 2.75) is 45.2 Å². The topological polar surface area (TPSA) is 28.2 Å². The predicted octanol–water partition coefficient (Wildman–Crippen LogP) is 3.57. The van der Waals surface area contributed by atoms with Crippen LogP contribution in [0.25, 0.3) is 10.2 Å². The van der Waals surface area contributed by atoms with Crippen molar-refractivity contribution in [3.05, 3.63) is 28.8 Å². The number of aromatic nitrogens is 1. The van der Waals surface area contributed by atoms with Gasteiger partial charge in [0.2, 0.25) is 0 Å². The van der Waals surface area contributed by atoms with Crippen LogP contribution in [-0.2, 0) is 6.54 Å². The lowest BCUT2D eigenvalue weighted by Gasteiger charge is -2.32. The Labute approximate surface area is 136 Å². The lowest BCUT2D eigenvalue weighted by atomic mass is 10.0. The van der Waals surface area contributed by atoms with Crippen molar-refractivity contribution in [1.29, 1.82) is 0 Å². The molecule has 118 valence electrons. The highest BCUT2D eigenvalue weighted by Crippen LogP contribution is 2.28. The van der Waals surface area contributed by atoms with Crippen molar-refractivity contribution in [3.8, 4) is 0 Å². The minimum Gasteiger partial charge on any atom is -0.314 e. The van der Waals surface area contributed by atoms with Gasteiger partial charge in [0.05, 0.1) is 15.2 Å². The van der Waals surface area contributed by atoms with Gasteiger partial charge in [-0.25, -0.2) is 4.98 Å². The molecule has 1 saturated heterocycles. The van der Waals surface area contributed by atoms with Crippen molar-refractivity contribution >= 4 is 21.6 Å². The number of piperidine rings is 1. The van der Waals surface area contributed by atoms with Crippen molar-refractivity contribution in [2.24, 2.45) is 5.92 Å². The highest BCUT2D eigenvalue weighted by atomic mass is 32.1. The molecule has 1 aliphatic heterocycles. The summed E-state index contributed by atoms with van der Waals surface area (Å²) in [4.78, 5) is 7.15. The smallest absolute Gasteiger partial charge is 0.0907 e. The minimum absolute atomic E-state index is 0.753. The van der Waals surface area contributed by atoms with Crippen LogP contribution >= 0.6 is 11.3 Å². The zero-order valence-corrected chi connectivity index (χ0v) is 14.2. The number of thiazole rings is 1. The molecule has 4 rings (SSSR count). The van der Waals surface area contributed by atoms with Crippen molar-refractivity contribution in [3.63, 3.8) is 0 Å². The average molecular weight is 315 g/mol. The summed E-state index contributed by atoms with van der Waals surface area (Å²) in [6.45, 7) is 6.88. The van der Waals surface area contributed by atoms with Gasteiger partial charge in [-0.2, -0.15) is 0 Å². The standard InChI is InChI=1S/C18H25N3S/c1-13-20-17-5-4-15(10-18(17)22-13)12-21-8-6-16(7-9-21)19-11-14-2-3-14/h4-5,10,14,16,19H,2-3,6-9,11-12H2,1H3. The molecule has 0 amide bonds. The fraction of sp³-hybridized carbons (Fsp3) is 0.611. The number of rotatable bonds is 5. The summed E-state index contributed by atoms with van der Waals surface area (Å²) in [6.07, 6.45) is 5.50. The molecule has 22 heavy (non-hydrogen) atoms. The van der Waals surface area contributed by atoms with E-state index in [1.807, 2.05) is 0 Å². The number of aryl methyl sites for hydroxylation is 1. The number of nitrogens with zero attached hydrogens (tertiary/aromatic N) is 2. The van der Waals surface area contributed by atoms with Crippen LogP contribution in [0.15, 0.2) is 18.2 Å². The molecule has 4 heteroatoms. The second-order valence-corrected chi connectivity index (χ2v) is 8.17. The Balaban J connectivity index is 1.31. The van der Waals surface area contributed by atoms with E-state index in [1.165, 1.54) is 55.6 Å². The summed E-state index contributed by atoms with van der Waals surface area (Å²) in [5, 5.41) is 4.92. The van der Waals surface area contributed by atoms with Gasteiger partial charge >= 0.3 is 0 Å². The Bertz CT molecular complexity index is 639. The zero-order valence-electron chi connectivity index (χ0n) is 13.3. The van der Waals surface area contributed by atoms with Gasteiger partial charge < -0.3 is 5.32 Å². The van der Waals surface area contributed by atoms with E-state index in [9.17, 15) is 0 Å². The maximum Gasteiger partial charge on any atom is 0.0907 e. The molecule has 1 saturated carbocycles. The fourth-order valence-electron chi connectivity index (χ4n) is 3.39. The van der Waals surface area contributed by atoms with Gasteiger partial charge in [0.15, 0.2) is 0 Å².